The fourth-order valence-electron chi connectivity index (χ4n) is 2.35. The summed E-state index contributed by atoms with van der Waals surface area (Å²) in [6.07, 6.45) is 0. The van der Waals surface area contributed by atoms with Gasteiger partial charge >= 0.3 is 0 Å². The summed E-state index contributed by atoms with van der Waals surface area (Å²) in [7, 11) is 1.60. The number of likely N-dealkylation sites (N-methyl/N-ethyl adjacent to an activating group) is 1. The zero-order valence-corrected chi connectivity index (χ0v) is 14.7. The summed E-state index contributed by atoms with van der Waals surface area (Å²) in [5.74, 6) is 0.881. The second kappa shape index (κ2) is 9.85. The van der Waals surface area contributed by atoms with Crippen LogP contribution in [0.2, 0.25) is 0 Å². The van der Waals surface area contributed by atoms with Crippen molar-refractivity contribution in [1.82, 2.24) is 10.2 Å². The van der Waals surface area contributed by atoms with Crippen LogP contribution < -0.4 is 20.1 Å². The second-order valence-corrected chi connectivity index (χ2v) is 5.48. The van der Waals surface area contributed by atoms with E-state index in [1.165, 1.54) is 4.90 Å². The molecule has 0 aromatic heterocycles. The molecule has 0 aliphatic carbocycles. The topological polar surface area (TPSA) is 89.1 Å². The summed E-state index contributed by atoms with van der Waals surface area (Å²) in [4.78, 5) is 25.8. The molecule has 138 valence electrons. The molecule has 0 fully saturated rings. The number of anilines is 1. The monoisotopic (exact) mass is 351 g/mol. The summed E-state index contributed by atoms with van der Waals surface area (Å²) >= 11 is 0. The molecule has 1 aromatic carbocycles. The van der Waals surface area contributed by atoms with Crippen molar-refractivity contribution < 1.29 is 23.8 Å². The number of nitrogens with one attached hydrogen (secondary N) is 2. The van der Waals surface area contributed by atoms with Crippen LogP contribution in [-0.4, -0.2) is 69.8 Å². The minimum absolute atomic E-state index is 0.00423. The summed E-state index contributed by atoms with van der Waals surface area (Å²) in [6, 6.07) is 5.22. The molecule has 8 nitrogen and oxygen atoms in total. The minimum Gasteiger partial charge on any atom is -0.486 e. The van der Waals surface area contributed by atoms with Crippen molar-refractivity contribution in [3.8, 4) is 11.5 Å². The Morgan fingerprint density at radius 1 is 1.24 bits per heavy atom. The number of methoxy groups -OCH3 is 1. The van der Waals surface area contributed by atoms with Crippen molar-refractivity contribution >= 4 is 17.5 Å². The highest BCUT2D eigenvalue weighted by Crippen LogP contribution is 2.32. The van der Waals surface area contributed by atoms with Gasteiger partial charge in [0.05, 0.1) is 19.7 Å². The number of ether oxygens (including phenoxy) is 3. The van der Waals surface area contributed by atoms with Gasteiger partial charge in [-0.1, -0.05) is 0 Å². The Labute approximate surface area is 147 Å². The molecule has 1 aliphatic heterocycles. The van der Waals surface area contributed by atoms with Gasteiger partial charge in [0, 0.05) is 32.0 Å². The number of nitrogens with zero attached hydrogens (tertiary/aromatic N) is 1. The maximum atomic E-state index is 12.2. The van der Waals surface area contributed by atoms with Gasteiger partial charge < -0.3 is 29.7 Å². The number of rotatable bonds is 9. The minimum atomic E-state index is -0.260. The van der Waals surface area contributed by atoms with Crippen LogP contribution in [0, 0.1) is 0 Å². The molecule has 0 bridgehead atoms. The van der Waals surface area contributed by atoms with E-state index in [0.29, 0.717) is 50.1 Å². The van der Waals surface area contributed by atoms with Crippen LogP contribution in [-0.2, 0) is 14.3 Å². The molecule has 1 aromatic rings. The number of carbonyl (C=O) groups excluding carboxylic acids is 2. The number of carbonyl (C=O) groups is 2. The Morgan fingerprint density at radius 2 is 2.00 bits per heavy atom. The predicted molar refractivity (Wildman–Crippen MR) is 93.1 cm³/mol. The van der Waals surface area contributed by atoms with Gasteiger partial charge in [0.15, 0.2) is 11.5 Å². The lowest BCUT2D eigenvalue weighted by molar-refractivity contribution is -0.133. The molecule has 2 N–H and O–H groups in total. The third-order valence-corrected chi connectivity index (χ3v) is 3.65. The van der Waals surface area contributed by atoms with E-state index in [0.717, 1.165) is 0 Å². The first-order chi connectivity index (χ1) is 12.1. The fraction of sp³-hybridized carbons (Fsp3) is 0.529. The molecule has 2 amide bonds. The van der Waals surface area contributed by atoms with Gasteiger partial charge in [-0.25, -0.2) is 0 Å². The van der Waals surface area contributed by atoms with Crippen molar-refractivity contribution in [3.63, 3.8) is 0 Å². The standard InChI is InChI=1S/C17H25N3O5/c1-3-20(17(22)11-18-6-7-23-2)12-16(21)19-13-4-5-14-15(10-13)25-9-8-24-14/h4-5,10,18H,3,6-9,11-12H2,1-2H3,(H,19,21). The molecule has 0 spiro atoms. The smallest absolute Gasteiger partial charge is 0.243 e. The van der Waals surface area contributed by atoms with E-state index in [4.69, 9.17) is 14.2 Å². The molecule has 1 aliphatic rings. The van der Waals surface area contributed by atoms with Gasteiger partial charge in [0.1, 0.15) is 13.2 Å². The summed E-state index contributed by atoms with van der Waals surface area (Å²) in [5.41, 5.74) is 0.607. The van der Waals surface area contributed by atoms with Crippen LogP contribution >= 0.6 is 0 Å². The maximum Gasteiger partial charge on any atom is 0.243 e. The summed E-state index contributed by atoms with van der Waals surface area (Å²) in [5, 5.41) is 5.76. The van der Waals surface area contributed by atoms with E-state index in [1.54, 1.807) is 25.3 Å². The molecule has 0 atom stereocenters. The highest BCUT2D eigenvalue weighted by Gasteiger charge is 2.17. The SMILES string of the molecule is CCN(CC(=O)Nc1ccc2c(c1)OCCO2)C(=O)CNCCOC. The zero-order chi connectivity index (χ0) is 18.1. The van der Waals surface area contributed by atoms with Gasteiger partial charge in [-0.15, -0.1) is 0 Å². The van der Waals surface area contributed by atoms with Crippen molar-refractivity contribution in [3.05, 3.63) is 18.2 Å². The molecular formula is C17H25N3O5. The van der Waals surface area contributed by atoms with Crippen LogP contribution in [0.25, 0.3) is 0 Å². The fourth-order valence-corrected chi connectivity index (χ4v) is 2.35. The Hall–Kier alpha value is -2.32. The first-order valence-electron chi connectivity index (χ1n) is 8.31. The lowest BCUT2D eigenvalue weighted by Gasteiger charge is -2.21. The van der Waals surface area contributed by atoms with Crippen molar-refractivity contribution in [2.45, 2.75) is 6.92 Å². The van der Waals surface area contributed by atoms with Crippen molar-refractivity contribution in [2.75, 3.05) is 58.4 Å². The van der Waals surface area contributed by atoms with Crippen molar-refractivity contribution in [1.29, 1.82) is 0 Å². The first-order valence-corrected chi connectivity index (χ1v) is 8.31. The van der Waals surface area contributed by atoms with Gasteiger partial charge in [-0.2, -0.15) is 0 Å². The molecule has 8 heteroatoms. The Balaban J connectivity index is 1.84. The van der Waals surface area contributed by atoms with E-state index in [-0.39, 0.29) is 24.9 Å². The Morgan fingerprint density at radius 3 is 2.72 bits per heavy atom. The lowest BCUT2D eigenvalue weighted by atomic mass is 10.2. The van der Waals surface area contributed by atoms with Crippen LogP contribution in [0.3, 0.4) is 0 Å². The van der Waals surface area contributed by atoms with E-state index in [2.05, 4.69) is 10.6 Å². The van der Waals surface area contributed by atoms with Gasteiger partial charge in [-0.05, 0) is 19.1 Å². The van der Waals surface area contributed by atoms with Gasteiger partial charge in [-0.3, -0.25) is 9.59 Å². The molecule has 0 radical (unpaired) electrons. The highest BCUT2D eigenvalue weighted by molar-refractivity contribution is 5.95. The number of benzene rings is 1. The Bertz CT molecular complexity index is 594. The van der Waals surface area contributed by atoms with Crippen LogP contribution in [0.5, 0.6) is 11.5 Å². The van der Waals surface area contributed by atoms with Crippen LogP contribution in [0.4, 0.5) is 5.69 Å². The Kier molecular flexibility index (Phi) is 7.49. The average Bonchev–Trinajstić information content (AvgIpc) is 2.63. The molecule has 0 saturated heterocycles. The molecule has 2 rings (SSSR count). The third-order valence-electron chi connectivity index (χ3n) is 3.65. The normalized spacial score (nSPS) is 12.6. The van der Waals surface area contributed by atoms with Crippen LogP contribution in [0.15, 0.2) is 18.2 Å². The lowest BCUT2D eigenvalue weighted by Crippen LogP contribution is -2.42. The number of hydrogen-bond donors (Lipinski definition) is 2. The van der Waals surface area contributed by atoms with E-state index in [9.17, 15) is 9.59 Å². The third kappa shape index (κ3) is 5.91. The zero-order valence-electron chi connectivity index (χ0n) is 14.7. The maximum absolute atomic E-state index is 12.2. The van der Waals surface area contributed by atoms with E-state index < -0.39 is 0 Å². The number of amides is 2. The highest BCUT2D eigenvalue weighted by atomic mass is 16.6. The molecule has 1 heterocycles. The summed E-state index contributed by atoms with van der Waals surface area (Å²) < 4.78 is 15.8. The number of hydrogen-bond acceptors (Lipinski definition) is 6. The van der Waals surface area contributed by atoms with Crippen molar-refractivity contribution in [2.24, 2.45) is 0 Å². The molecule has 25 heavy (non-hydrogen) atoms. The van der Waals surface area contributed by atoms with Gasteiger partial charge in [0.25, 0.3) is 0 Å². The van der Waals surface area contributed by atoms with E-state index in [1.807, 2.05) is 6.92 Å². The van der Waals surface area contributed by atoms with E-state index >= 15 is 0 Å². The van der Waals surface area contributed by atoms with Crippen LogP contribution in [0.1, 0.15) is 6.92 Å². The largest absolute Gasteiger partial charge is 0.486 e. The number of fused-ring (bicyclic) bond motifs is 1. The molecule has 0 saturated carbocycles. The quantitative estimate of drug-likeness (QED) is 0.629. The van der Waals surface area contributed by atoms with Gasteiger partial charge in [0.2, 0.25) is 11.8 Å². The summed E-state index contributed by atoms with van der Waals surface area (Å²) in [6.45, 7) is 4.59. The first kappa shape index (κ1) is 19.0. The molecule has 0 unspecified atom stereocenters. The second-order valence-electron chi connectivity index (χ2n) is 5.48. The average molecular weight is 351 g/mol. The molecular weight excluding hydrogens is 326 g/mol. The predicted octanol–water partition coefficient (Wildman–Crippen LogP) is 0.481.